The van der Waals surface area contributed by atoms with Gasteiger partial charge < -0.3 is 10.6 Å². The molecule has 114 valence electrons. The Balaban J connectivity index is 2.39. The second kappa shape index (κ2) is 5.89. The van der Waals surface area contributed by atoms with Crippen molar-refractivity contribution >= 4 is 12.0 Å². The monoisotopic (exact) mass is 298 g/mol. The Morgan fingerprint density at radius 1 is 1.29 bits per heavy atom. The molecule has 0 atom stereocenters. The van der Waals surface area contributed by atoms with Gasteiger partial charge in [0.15, 0.2) is 0 Å². The second-order valence-electron chi connectivity index (χ2n) is 5.27. The van der Waals surface area contributed by atoms with Crippen LogP contribution in [0.15, 0.2) is 23.8 Å². The predicted molar refractivity (Wildman–Crippen MR) is 74.7 cm³/mol. The van der Waals surface area contributed by atoms with Crippen molar-refractivity contribution in [2.45, 2.75) is 19.0 Å². The van der Waals surface area contributed by atoms with Crippen molar-refractivity contribution in [1.29, 1.82) is 0 Å². The molecule has 6 heteroatoms. The quantitative estimate of drug-likeness (QED) is 0.912. The number of nitrogens with two attached hydrogens (primary N) is 1. The number of carbonyl (C=O) groups is 1. The van der Waals surface area contributed by atoms with E-state index in [1.54, 1.807) is 6.08 Å². The van der Waals surface area contributed by atoms with E-state index in [4.69, 9.17) is 5.73 Å². The van der Waals surface area contributed by atoms with Gasteiger partial charge in [0.2, 0.25) is 5.91 Å². The van der Waals surface area contributed by atoms with Crippen molar-refractivity contribution in [2.75, 3.05) is 20.1 Å². The van der Waals surface area contributed by atoms with E-state index >= 15 is 0 Å². The first-order valence-corrected chi connectivity index (χ1v) is 6.66. The Bertz CT molecular complexity index is 569. The van der Waals surface area contributed by atoms with Gasteiger partial charge in [-0.1, -0.05) is 17.7 Å². The van der Waals surface area contributed by atoms with Gasteiger partial charge in [-0.2, -0.15) is 13.2 Å². The van der Waals surface area contributed by atoms with Crippen LogP contribution in [-0.4, -0.2) is 30.9 Å². The SMILES string of the molecule is CN1CCC(=Cc2ccc(C(N)=O)cc2C(F)(F)F)CC1. The summed E-state index contributed by atoms with van der Waals surface area (Å²) in [5, 5.41) is 0. The number of rotatable bonds is 2. The summed E-state index contributed by atoms with van der Waals surface area (Å²) < 4.78 is 39.4. The van der Waals surface area contributed by atoms with E-state index in [2.05, 4.69) is 4.90 Å². The average Bonchev–Trinajstić information content (AvgIpc) is 2.40. The van der Waals surface area contributed by atoms with Gasteiger partial charge in [-0.05, 0) is 37.6 Å². The van der Waals surface area contributed by atoms with Crippen LogP contribution in [0.3, 0.4) is 0 Å². The van der Waals surface area contributed by atoms with E-state index in [9.17, 15) is 18.0 Å². The molecule has 2 rings (SSSR count). The summed E-state index contributed by atoms with van der Waals surface area (Å²) >= 11 is 0. The molecule has 1 saturated heterocycles. The standard InChI is InChI=1S/C15H17F3N2O/c1-20-6-4-10(5-7-20)8-11-2-3-12(14(19)21)9-13(11)15(16,17)18/h2-3,8-9H,4-7H2,1H3,(H2,19,21). The van der Waals surface area contributed by atoms with Gasteiger partial charge in [0, 0.05) is 18.7 Å². The molecule has 0 bridgehead atoms. The lowest BCUT2D eigenvalue weighted by Crippen LogP contribution is -2.26. The smallest absolute Gasteiger partial charge is 0.366 e. The van der Waals surface area contributed by atoms with Gasteiger partial charge >= 0.3 is 6.18 Å². The van der Waals surface area contributed by atoms with Crippen molar-refractivity contribution < 1.29 is 18.0 Å². The van der Waals surface area contributed by atoms with Crippen molar-refractivity contribution in [3.8, 4) is 0 Å². The Hall–Kier alpha value is -1.82. The minimum absolute atomic E-state index is 0.0899. The number of primary amides is 1. The molecule has 1 aliphatic rings. The van der Waals surface area contributed by atoms with E-state index in [0.29, 0.717) is 0 Å². The third-order valence-corrected chi connectivity index (χ3v) is 3.63. The van der Waals surface area contributed by atoms with E-state index < -0.39 is 17.6 Å². The number of halogens is 3. The zero-order chi connectivity index (χ0) is 15.6. The predicted octanol–water partition coefficient (Wildman–Crippen LogP) is 2.91. The van der Waals surface area contributed by atoms with Gasteiger partial charge in [-0.25, -0.2) is 0 Å². The average molecular weight is 298 g/mol. The van der Waals surface area contributed by atoms with Crippen LogP contribution < -0.4 is 5.73 Å². The molecule has 0 aromatic heterocycles. The second-order valence-corrected chi connectivity index (χ2v) is 5.27. The molecule has 0 unspecified atom stereocenters. The lowest BCUT2D eigenvalue weighted by atomic mass is 9.97. The Morgan fingerprint density at radius 3 is 2.43 bits per heavy atom. The van der Waals surface area contributed by atoms with Crippen molar-refractivity contribution in [2.24, 2.45) is 5.73 Å². The van der Waals surface area contributed by atoms with E-state index in [-0.39, 0.29) is 11.1 Å². The normalized spacial score (nSPS) is 16.9. The van der Waals surface area contributed by atoms with Crippen LogP contribution in [0.5, 0.6) is 0 Å². The fourth-order valence-corrected chi connectivity index (χ4v) is 2.35. The van der Waals surface area contributed by atoms with Crippen LogP contribution >= 0.6 is 0 Å². The molecule has 1 aliphatic heterocycles. The minimum atomic E-state index is -4.51. The molecule has 0 radical (unpaired) electrons. The van der Waals surface area contributed by atoms with E-state index in [1.165, 1.54) is 12.1 Å². The summed E-state index contributed by atoms with van der Waals surface area (Å²) in [6.45, 7) is 1.68. The summed E-state index contributed by atoms with van der Waals surface area (Å²) in [4.78, 5) is 13.2. The highest BCUT2D eigenvalue weighted by atomic mass is 19.4. The highest BCUT2D eigenvalue weighted by Gasteiger charge is 2.33. The molecule has 0 aliphatic carbocycles. The fraction of sp³-hybridized carbons (Fsp3) is 0.400. The Morgan fingerprint density at radius 2 is 1.90 bits per heavy atom. The summed E-state index contributed by atoms with van der Waals surface area (Å²) in [5.74, 6) is -0.862. The molecular formula is C15H17F3N2O. The lowest BCUT2D eigenvalue weighted by molar-refractivity contribution is -0.137. The maximum atomic E-state index is 13.1. The number of piperidine rings is 1. The minimum Gasteiger partial charge on any atom is -0.366 e. The number of likely N-dealkylation sites (tertiary alicyclic amines) is 1. The van der Waals surface area contributed by atoms with Crippen LogP contribution in [0.1, 0.15) is 34.3 Å². The fourth-order valence-electron chi connectivity index (χ4n) is 2.35. The molecule has 0 saturated carbocycles. The summed E-state index contributed by atoms with van der Waals surface area (Å²) in [6.07, 6.45) is -1.42. The van der Waals surface area contributed by atoms with Crippen molar-refractivity contribution in [3.05, 3.63) is 40.5 Å². The molecule has 1 amide bonds. The molecule has 3 nitrogen and oxygen atoms in total. The number of hydrogen-bond acceptors (Lipinski definition) is 2. The van der Waals surface area contributed by atoms with Crippen LogP contribution in [0.25, 0.3) is 6.08 Å². The third-order valence-electron chi connectivity index (χ3n) is 3.63. The molecule has 1 aromatic carbocycles. The van der Waals surface area contributed by atoms with Crippen LogP contribution in [0.2, 0.25) is 0 Å². The zero-order valence-corrected chi connectivity index (χ0v) is 11.7. The number of carbonyl (C=O) groups excluding carboxylic acids is 1. The maximum absolute atomic E-state index is 13.1. The number of alkyl halides is 3. The van der Waals surface area contributed by atoms with Gasteiger partial charge in [-0.15, -0.1) is 0 Å². The molecule has 21 heavy (non-hydrogen) atoms. The van der Waals surface area contributed by atoms with Crippen molar-refractivity contribution in [1.82, 2.24) is 4.90 Å². The highest BCUT2D eigenvalue weighted by Crippen LogP contribution is 2.34. The molecular weight excluding hydrogens is 281 g/mol. The van der Waals surface area contributed by atoms with E-state index in [0.717, 1.165) is 37.6 Å². The summed E-state index contributed by atoms with van der Waals surface area (Å²) in [6, 6.07) is 3.47. The Kier molecular flexibility index (Phi) is 4.37. The first kappa shape index (κ1) is 15.6. The van der Waals surface area contributed by atoms with Gasteiger partial charge in [0.1, 0.15) is 0 Å². The molecule has 1 aromatic rings. The lowest BCUT2D eigenvalue weighted by Gasteiger charge is -2.24. The van der Waals surface area contributed by atoms with Crippen LogP contribution in [0.4, 0.5) is 13.2 Å². The number of hydrogen-bond donors (Lipinski definition) is 1. The molecule has 2 N–H and O–H groups in total. The number of benzene rings is 1. The van der Waals surface area contributed by atoms with E-state index in [1.807, 2.05) is 7.05 Å². The Labute approximate surface area is 121 Å². The van der Waals surface area contributed by atoms with Gasteiger partial charge in [-0.3, -0.25) is 4.79 Å². The summed E-state index contributed by atoms with van der Waals surface area (Å²) in [7, 11) is 1.99. The first-order chi connectivity index (χ1) is 9.77. The molecule has 0 spiro atoms. The number of nitrogens with zero attached hydrogens (tertiary/aromatic N) is 1. The first-order valence-electron chi connectivity index (χ1n) is 6.66. The van der Waals surface area contributed by atoms with Gasteiger partial charge in [0.05, 0.1) is 5.56 Å². The zero-order valence-electron chi connectivity index (χ0n) is 11.7. The largest absolute Gasteiger partial charge is 0.417 e. The summed E-state index contributed by atoms with van der Waals surface area (Å²) in [5.41, 5.74) is 5.18. The highest BCUT2D eigenvalue weighted by molar-refractivity contribution is 5.93. The van der Waals surface area contributed by atoms with Crippen LogP contribution in [-0.2, 0) is 6.18 Å². The van der Waals surface area contributed by atoms with Crippen LogP contribution in [0, 0.1) is 0 Å². The maximum Gasteiger partial charge on any atom is 0.417 e. The third kappa shape index (κ3) is 3.85. The molecule has 1 heterocycles. The van der Waals surface area contributed by atoms with Crippen molar-refractivity contribution in [3.63, 3.8) is 0 Å². The topological polar surface area (TPSA) is 46.3 Å². The van der Waals surface area contributed by atoms with Gasteiger partial charge in [0.25, 0.3) is 0 Å². The molecule has 1 fully saturated rings. The number of amides is 1.